The van der Waals surface area contributed by atoms with E-state index in [1.807, 2.05) is 38.1 Å². The van der Waals surface area contributed by atoms with Gasteiger partial charge in [-0.3, -0.25) is 4.28 Å². The highest BCUT2D eigenvalue weighted by molar-refractivity contribution is 7.86. The summed E-state index contributed by atoms with van der Waals surface area (Å²) in [6, 6.07) is 12.5. The fourth-order valence-electron chi connectivity index (χ4n) is 1.85. The second-order valence-corrected chi connectivity index (χ2v) is 5.93. The fraction of sp³-hybridized carbons (Fsp3) is 0.267. The van der Waals surface area contributed by atoms with Gasteiger partial charge in [0, 0.05) is 0 Å². The molecule has 2 aromatic rings. The predicted molar refractivity (Wildman–Crippen MR) is 80.2 cm³/mol. The molecular formula is C15H17NO3S. The molecule has 2 rings (SSSR count). The zero-order valence-electron chi connectivity index (χ0n) is 11.5. The molecule has 0 amide bonds. The maximum absolute atomic E-state index is 12.1. The first-order valence-electron chi connectivity index (χ1n) is 6.55. The highest BCUT2D eigenvalue weighted by Crippen LogP contribution is 2.20. The quantitative estimate of drug-likeness (QED) is 0.623. The number of hydrogen-bond donors (Lipinski definition) is 0. The molecule has 0 fully saturated rings. The second kappa shape index (κ2) is 6.05. The predicted octanol–water partition coefficient (Wildman–Crippen LogP) is 3.72. The Morgan fingerprint density at radius 3 is 2.35 bits per heavy atom. The summed E-state index contributed by atoms with van der Waals surface area (Å²) in [6.07, 6.45) is 1.34. The number of rotatable bonds is 5. The van der Waals surface area contributed by atoms with Gasteiger partial charge < -0.3 is 0 Å². The van der Waals surface area contributed by atoms with Crippen LogP contribution < -0.4 is 0 Å². The lowest BCUT2D eigenvalue weighted by Gasteiger charge is -2.05. The minimum Gasteiger partial charge on any atom is -0.265 e. The molecule has 0 heterocycles. The van der Waals surface area contributed by atoms with Gasteiger partial charge in [0.25, 0.3) is 0 Å². The fourth-order valence-corrected chi connectivity index (χ4v) is 2.64. The Morgan fingerprint density at radius 1 is 1.05 bits per heavy atom. The average molecular weight is 291 g/mol. The number of hydrogen-bond acceptors (Lipinski definition) is 4. The molecule has 0 aliphatic heterocycles. The van der Waals surface area contributed by atoms with Gasteiger partial charge in [-0.25, -0.2) is 0 Å². The standard InChI is InChI=1S/C15H17NO3S/c1-3-14(4-2)16-19-20(17,18)15-10-9-12-7-5-6-8-13(12)11-15/h5-11H,3-4H2,1-2H3. The van der Waals surface area contributed by atoms with Crippen LogP contribution in [0.5, 0.6) is 0 Å². The Kier molecular flexibility index (Phi) is 4.39. The van der Waals surface area contributed by atoms with E-state index in [4.69, 9.17) is 4.28 Å². The highest BCUT2D eigenvalue weighted by Gasteiger charge is 2.16. The summed E-state index contributed by atoms with van der Waals surface area (Å²) in [4.78, 5) is 0.117. The van der Waals surface area contributed by atoms with E-state index in [0.29, 0.717) is 12.8 Å². The number of oxime groups is 1. The molecule has 0 spiro atoms. The van der Waals surface area contributed by atoms with Crippen molar-refractivity contribution in [2.75, 3.05) is 0 Å². The van der Waals surface area contributed by atoms with Crippen molar-refractivity contribution < 1.29 is 12.7 Å². The van der Waals surface area contributed by atoms with E-state index < -0.39 is 10.1 Å². The summed E-state index contributed by atoms with van der Waals surface area (Å²) in [5, 5.41) is 5.56. The highest BCUT2D eigenvalue weighted by atomic mass is 32.2. The molecule has 0 saturated carbocycles. The zero-order chi connectivity index (χ0) is 14.6. The van der Waals surface area contributed by atoms with Crippen molar-refractivity contribution in [1.29, 1.82) is 0 Å². The van der Waals surface area contributed by atoms with Gasteiger partial charge in [0.05, 0.1) is 5.71 Å². The van der Waals surface area contributed by atoms with E-state index in [-0.39, 0.29) is 4.90 Å². The van der Waals surface area contributed by atoms with Crippen molar-refractivity contribution in [3.05, 3.63) is 42.5 Å². The molecule has 0 saturated heterocycles. The SMILES string of the molecule is CCC(CC)=NOS(=O)(=O)c1ccc2ccccc2c1. The molecule has 0 bridgehead atoms. The second-order valence-electron chi connectivity index (χ2n) is 4.40. The van der Waals surface area contributed by atoms with E-state index in [9.17, 15) is 8.42 Å². The molecule has 0 aliphatic carbocycles. The van der Waals surface area contributed by atoms with E-state index in [2.05, 4.69) is 5.16 Å². The molecule has 0 aromatic heterocycles. The van der Waals surface area contributed by atoms with Crippen molar-refractivity contribution in [3.8, 4) is 0 Å². The van der Waals surface area contributed by atoms with Crippen LogP contribution in [0.1, 0.15) is 26.7 Å². The summed E-state index contributed by atoms with van der Waals surface area (Å²) in [5.74, 6) is 0. The third kappa shape index (κ3) is 3.17. The minimum absolute atomic E-state index is 0.117. The maximum Gasteiger partial charge on any atom is 0.358 e. The molecule has 2 aromatic carbocycles. The van der Waals surface area contributed by atoms with Crippen LogP contribution in [-0.4, -0.2) is 14.1 Å². The van der Waals surface area contributed by atoms with Crippen LogP contribution >= 0.6 is 0 Å². The van der Waals surface area contributed by atoms with Gasteiger partial charge in [0.1, 0.15) is 4.90 Å². The first kappa shape index (κ1) is 14.5. The van der Waals surface area contributed by atoms with Crippen LogP contribution in [0.4, 0.5) is 0 Å². The van der Waals surface area contributed by atoms with E-state index >= 15 is 0 Å². The van der Waals surface area contributed by atoms with Crippen molar-refractivity contribution in [2.24, 2.45) is 5.16 Å². The van der Waals surface area contributed by atoms with Gasteiger partial charge in [-0.1, -0.05) is 49.3 Å². The topological polar surface area (TPSA) is 55.7 Å². The van der Waals surface area contributed by atoms with Crippen LogP contribution in [-0.2, 0) is 14.4 Å². The third-order valence-corrected chi connectivity index (χ3v) is 4.19. The number of benzene rings is 2. The van der Waals surface area contributed by atoms with Crippen LogP contribution in [0.25, 0.3) is 10.8 Å². The normalized spacial score (nSPS) is 11.3. The van der Waals surface area contributed by atoms with Crippen molar-refractivity contribution in [1.82, 2.24) is 0 Å². The Morgan fingerprint density at radius 2 is 1.70 bits per heavy atom. The van der Waals surface area contributed by atoms with Crippen molar-refractivity contribution in [2.45, 2.75) is 31.6 Å². The molecule has 20 heavy (non-hydrogen) atoms. The molecule has 0 N–H and O–H groups in total. The van der Waals surface area contributed by atoms with E-state index in [0.717, 1.165) is 16.5 Å². The van der Waals surface area contributed by atoms with Crippen LogP contribution in [0.15, 0.2) is 52.5 Å². The summed E-state index contributed by atoms with van der Waals surface area (Å²) in [7, 11) is -3.85. The molecule has 106 valence electrons. The minimum atomic E-state index is -3.85. The molecule has 0 radical (unpaired) electrons. The first-order valence-corrected chi connectivity index (χ1v) is 7.96. The monoisotopic (exact) mass is 291 g/mol. The third-order valence-electron chi connectivity index (χ3n) is 3.09. The summed E-state index contributed by atoms with van der Waals surface area (Å²) >= 11 is 0. The molecule has 0 aliphatic rings. The van der Waals surface area contributed by atoms with Gasteiger partial charge in [-0.05, 0) is 35.7 Å². The largest absolute Gasteiger partial charge is 0.358 e. The summed E-state index contributed by atoms with van der Waals surface area (Å²) in [6.45, 7) is 3.82. The van der Waals surface area contributed by atoms with Crippen LogP contribution in [0.2, 0.25) is 0 Å². The Hall–Kier alpha value is -1.88. The number of fused-ring (bicyclic) bond motifs is 1. The van der Waals surface area contributed by atoms with Gasteiger partial charge in [0.2, 0.25) is 0 Å². The Balaban J connectivity index is 2.34. The lowest BCUT2D eigenvalue weighted by Crippen LogP contribution is -2.05. The Bertz CT molecular complexity index is 730. The maximum atomic E-state index is 12.1. The first-order chi connectivity index (χ1) is 9.56. The number of nitrogens with zero attached hydrogens (tertiary/aromatic N) is 1. The van der Waals surface area contributed by atoms with E-state index in [1.165, 1.54) is 6.07 Å². The van der Waals surface area contributed by atoms with Crippen LogP contribution in [0.3, 0.4) is 0 Å². The van der Waals surface area contributed by atoms with E-state index in [1.54, 1.807) is 12.1 Å². The smallest absolute Gasteiger partial charge is 0.265 e. The van der Waals surface area contributed by atoms with Crippen molar-refractivity contribution >= 4 is 26.6 Å². The molecule has 5 heteroatoms. The molecular weight excluding hydrogens is 274 g/mol. The van der Waals surface area contributed by atoms with Gasteiger partial charge in [-0.2, -0.15) is 8.42 Å². The summed E-state index contributed by atoms with van der Waals surface area (Å²) < 4.78 is 28.9. The van der Waals surface area contributed by atoms with Gasteiger partial charge >= 0.3 is 10.1 Å². The van der Waals surface area contributed by atoms with Gasteiger partial charge in [-0.15, -0.1) is 0 Å². The Labute approximate surface area is 119 Å². The average Bonchev–Trinajstić information content (AvgIpc) is 2.47. The molecule has 0 atom stereocenters. The zero-order valence-corrected chi connectivity index (χ0v) is 12.4. The van der Waals surface area contributed by atoms with Crippen molar-refractivity contribution in [3.63, 3.8) is 0 Å². The van der Waals surface area contributed by atoms with Gasteiger partial charge in [0.15, 0.2) is 0 Å². The lowest BCUT2D eigenvalue weighted by atomic mass is 10.1. The lowest BCUT2D eigenvalue weighted by molar-refractivity contribution is 0.337. The molecule has 0 unspecified atom stereocenters. The molecule has 4 nitrogen and oxygen atoms in total. The van der Waals surface area contributed by atoms with Crippen LogP contribution in [0, 0.1) is 0 Å². The summed E-state index contributed by atoms with van der Waals surface area (Å²) in [5.41, 5.74) is 0.717.